The van der Waals surface area contributed by atoms with Gasteiger partial charge in [0.2, 0.25) is 6.41 Å². The standard InChI is InChI=1S/C18H25N3O4/c1-18(2,3)25-17(23)21-10-14(9-19)15(11-21)20-16(22)24-12-13-7-5-4-6-8-13/h4-8,14-16,20,22H,10-12H2,1-3H3. The summed E-state index contributed by atoms with van der Waals surface area (Å²) in [5.74, 6) is -0.442. The summed E-state index contributed by atoms with van der Waals surface area (Å²) in [6.45, 7) is 6.15. The predicted octanol–water partition coefficient (Wildman–Crippen LogP) is 1.83. The highest BCUT2D eigenvalue weighted by atomic mass is 16.6. The fraction of sp³-hybridized carbons (Fsp3) is 0.556. The van der Waals surface area contributed by atoms with Gasteiger partial charge in [0.25, 0.3) is 0 Å². The second-order valence-corrected chi connectivity index (χ2v) is 7.04. The van der Waals surface area contributed by atoms with Gasteiger partial charge < -0.3 is 19.5 Å². The molecule has 1 saturated heterocycles. The number of carbonyl (C=O) groups is 1. The number of nitrogens with one attached hydrogen (secondary N) is 1. The summed E-state index contributed by atoms with van der Waals surface area (Å²) < 4.78 is 10.7. The molecule has 7 nitrogen and oxygen atoms in total. The number of hydrogen-bond acceptors (Lipinski definition) is 6. The first kappa shape index (κ1) is 19.2. The molecular formula is C18H25N3O4. The van der Waals surface area contributed by atoms with Gasteiger partial charge in [0.15, 0.2) is 0 Å². The Kier molecular flexibility index (Phi) is 6.37. The maximum Gasteiger partial charge on any atom is 0.410 e. The Hall–Kier alpha value is -2.14. The van der Waals surface area contributed by atoms with E-state index in [1.54, 1.807) is 20.8 Å². The number of likely N-dealkylation sites (tertiary alicyclic amines) is 1. The normalized spacial score (nSPS) is 21.6. The number of rotatable bonds is 5. The van der Waals surface area contributed by atoms with Crippen LogP contribution in [0.2, 0.25) is 0 Å². The molecule has 0 spiro atoms. The van der Waals surface area contributed by atoms with Crippen LogP contribution in [0.25, 0.3) is 0 Å². The lowest BCUT2D eigenvalue weighted by atomic mass is 10.1. The molecule has 1 aromatic rings. The SMILES string of the molecule is CC(C)(C)OC(=O)N1CC(C#N)C(NC(O)OCc2ccccc2)C1. The van der Waals surface area contributed by atoms with E-state index < -0.39 is 24.0 Å². The van der Waals surface area contributed by atoms with Gasteiger partial charge in [-0.25, -0.2) is 4.79 Å². The minimum absolute atomic E-state index is 0.245. The molecule has 7 heteroatoms. The Morgan fingerprint density at radius 3 is 2.68 bits per heavy atom. The van der Waals surface area contributed by atoms with Gasteiger partial charge in [0.1, 0.15) is 5.60 Å². The third-order valence-electron chi connectivity index (χ3n) is 3.74. The van der Waals surface area contributed by atoms with Crippen LogP contribution < -0.4 is 5.32 Å². The maximum absolute atomic E-state index is 12.1. The summed E-state index contributed by atoms with van der Waals surface area (Å²) in [6, 6.07) is 11.2. The monoisotopic (exact) mass is 347 g/mol. The molecule has 1 heterocycles. The van der Waals surface area contributed by atoms with Gasteiger partial charge in [-0.2, -0.15) is 5.26 Å². The van der Waals surface area contributed by atoms with Gasteiger partial charge in [-0.3, -0.25) is 5.32 Å². The summed E-state index contributed by atoms with van der Waals surface area (Å²) in [6.07, 6.45) is -1.68. The van der Waals surface area contributed by atoms with E-state index in [9.17, 15) is 15.2 Å². The molecule has 2 rings (SSSR count). The summed E-state index contributed by atoms with van der Waals surface area (Å²) in [5.41, 5.74) is 0.338. The van der Waals surface area contributed by atoms with Gasteiger partial charge >= 0.3 is 6.09 Å². The van der Waals surface area contributed by atoms with Crippen molar-refractivity contribution >= 4 is 6.09 Å². The van der Waals surface area contributed by atoms with Crippen LogP contribution in [0.3, 0.4) is 0 Å². The van der Waals surface area contributed by atoms with Crippen molar-refractivity contribution in [3.05, 3.63) is 35.9 Å². The molecule has 1 aromatic carbocycles. The first-order valence-electron chi connectivity index (χ1n) is 8.25. The lowest BCUT2D eigenvalue weighted by molar-refractivity contribution is -0.134. The van der Waals surface area contributed by atoms with Crippen LogP contribution in [0.1, 0.15) is 26.3 Å². The van der Waals surface area contributed by atoms with E-state index in [0.717, 1.165) is 5.56 Å². The molecule has 0 bridgehead atoms. The number of amides is 1. The average molecular weight is 347 g/mol. The first-order chi connectivity index (χ1) is 11.8. The van der Waals surface area contributed by atoms with Crippen LogP contribution in [0.4, 0.5) is 4.79 Å². The van der Waals surface area contributed by atoms with E-state index in [1.165, 1.54) is 4.90 Å². The molecule has 0 radical (unpaired) electrons. The molecule has 1 aliphatic rings. The number of aliphatic hydroxyl groups is 1. The molecule has 3 atom stereocenters. The number of nitrogens with zero attached hydrogens (tertiary/aromatic N) is 2. The lowest BCUT2D eigenvalue weighted by Crippen LogP contribution is -2.44. The molecular weight excluding hydrogens is 322 g/mol. The van der Waals surface area contributed by atoms with E-state index in [-0.39, 0.29) is 25.7 Å². The van der Waals surface area contributed by atoms with Crippen molar-refractivity contribution in [2.75, 3.05) is 13.1 Å². The number of benzene rings is 1. The Bertz CT molecular complexity index is 609. The van der Waals surface area contributed by atoms with Crippen molar-refractivity contribution in [2.24, 2.45) is 5.92 Å². The van der Waals surface area contributed by atoms with Gasteiger partial charge in [0.05, 0.1) is 18.6 Å². The average Bonchev–Trinajstić information content (AvgIpc) is 2.95. The van der Waals surface area contributed by atoms with E-state index >= 15 is 0 Å². The Labute approximate surface area is 148 Å². The van der Waals surface area contributed by atoms with Gasteiger partial charge in [-0.05, 0) is 26.3 Å². The Morgan fingerprint density at radius 2 is 2.08 bits per heavy atom. The zero-order valence-electron chi connectivity index (χ0n) is 14.8. The quantitative estimate of drug-likeness (QED) is 0.789. The highest BCUT2D eigenvalue weighted by molar-refractivity contribution is 5.68. The third-order valence-corrected chi connectivity index (χ3v) is 3.74. The number of nitriles is 1. The van der Waals surface area contributed by atoms with E-state index in [0.29, 0.717) is 0 Å². The van der Waals surface area contributed by atoms with Crippen LogP contribution in [0.5, 0.6) is 0 Å². The van der Waals surface area contributed by atoms with Crippen LogP contribution >= 0.6 is 0 Å². The van der Waals surface area contributed by atoms with E-state index in [2.05, 4.69) is 11.4 Å². The van der Waals surface area contributed by atoms with Crippen molar-refractivity contribution in [1.82, 2.24) is 10.2 Å². The minimum atomic E-state index is -1.22. The smallest absolute Gasteiger partial charge is 0.410 e. The summed E-state index contributed by atoms with van der Waals surface area (Å²) >= 11 is 0. The van der Waals surface area contributed by atoms with Crippen molar-refractivity contribution < 1.29 is 19.4 Å². The minimum Gasteiger partial charge on any atom is -0.444 e. The van der Waals surface area contributed by atoms with E-state index in [1.807, 2.05) is 30.3 Å². The van der Waals surface area contributed by atoms with Crippen LogP contribution in [-0.2, 0) is 16.1 Å². The fourth-order valence-electron chi connectivity index (χ4n) is 2.56. The first-order valence-corrected chi connectivity index (χ1v) is 8.25. The maximum atomic E-state index is 12.1. The molecule has 25 heavy (non-hydrogen) atoms. The molecule has 3 unspecified atom stereocenters. The molecule has 0 aliphatic carbocycles. The van der Waals surface area contributed by atoms with Gasteiger partial charge in [-0.15, -0.1) is 0 Å². The second-order valence-electron chi connectivity index (χ2n) is 7.04. The number of carbonyl (C=O) groups excluding carboxylic acids is 1. The van der Waals surface area contributed by atoms with Crippen molar-refractivity contribution in [3.8, 4) is 6.07 Å². The lowest BCUT2D eigenvalue weighted by Gasteiger charge is -2.24. The van der Waals surface area contributed by atoms with Gasteiger partial charge in [-0.1, -0.05) is 30.3 Å². The number of ether oxygens (including phenoxy) is 2. The van der Waals surface area contributed by atoms with Crippen LogP contribution in [-0.4, -0.2) is 47.2 Å². The largest absolute Gasteiger partial charge is 0.444 e. The van der Waals surface area contributed by atoms with Crippen molar-refractivity contribution in [1.29, 1.82) is 5.26 Å². The number of aliphatic hydroxyl groups excluding tert-OH is 1. The molecule has 0 saturated carbocycles. The van der Waals surface area contributed by atoms with Crippen molar-refractivity contribution in [2.45, 2.75) is 45.4 Å². The molecule has 1 fully saturated rings. The summed E-state index contributed by atoms with van der Waals surface area (Å²) in [5, 5.41) is 22.2. The summed E-state index contributed by atoms with van der Waals surface area (Å²) in [7, 11) is 0. The molecule has 2 N–H and O–H groups in total. The highest BCUT2D eigenvalue weighted by Gasteiger charge is 2.38. The van der Waals surface area contributed by atoms with Crippen LogP contribution in [0.15, 0.2) is 30.3 Å². The zero-order valence-corrected chi connectivity index (χ0v) is 14.8. The third kappa shape index (κ3) is 6.02. The second kappa shape index (κ2) is 8.30. The van der Waals surface area contributed by atoms with Crippen molar-refractivity contribution in [3.63, 3.8) is 0 Å². The summed E-state index contributed by atoms with van der Waals surface area (Å²) in [4.78, 5) is 13.6. The Morgan fingerprint density at radius 1 is 1.40 bits per heavy atom. The van der Waals surface area contributed by atoms with Gasteiger partial charge in [0, 0.05) is 19.1 Å². The predicted molar refractivity (Wildman–Crippen MR) is 91.1 cm³/mol. The molecule has 1 amide bonds. The Balaban J connectivity index is 1.86. The molecule has 1 aliphatic heterocycles. The van der Waals surface area contributed by atoms with E-state index in [4.69, 9.17) is 9.47 Å². The molecule has 136 valence electrons. The highest BCUT2D eigenvalue weighted by Crippen LogP contribution is 2.20. The molecule has 0 aromatic heterocycles. The zero-order chi connectivity index (χ0) is 18.4. The fourth-order valence-corrected chi connectivity index (χ4v) is 2.56. The number of hydrogen-bond donors (Lipinski definition) is 2. The topological polar surface area (TPSA) is 94.8 Å². The van der Waals surface area contributed by atoms with Crippen LogP contribution in [0, 0.1) is 17.2 Å².